The predicted molar refractivity (Wildman–Crippen MR) is 85.6 cm³/mol. The predicted octanol–water partition coefficient (Wildman–Crippen LogP) is 3.21. The molecular weight excluding hydrogens is 264 g/mol. The van der Waals surface area contributed by atoms with E-state index in [1.165, 1.54) is 19.4 Å². The number of likely N-dealkylation sites (tertiary alicyclic amines) is 1. The number of methoxy groups -OCH3 is 2. The van der Waals surface area contributed by atoms with Gasteiger partial charge >= 0.3 is 0 Å². The van der Waals surface area contributed by atoms with Crippen LogP contribution in [0.25, 0.3) is 0 Å². The highest BCUT2D eigenvalue weighted by Gasteiger charge is 2.34. The molecular formula is C17H26N2O2. The Morgan fingerprint density at radius 3 is 2.29 bits per heavy atom. The van der Waals surface area contributed by atoms with E-state index < -0.39 is 0 Å². The summed E-state index contributed by atoms with van der Waals surface area (Å²) in [6.07, 6.45) is 4.75. The average molecular weight is 290 g/mol. The van der Waals surface area contributed by atoms with Gasteiger partial charge in [-0.1, -0.05) is 12.1 Å². The standard InChI is InChI=1S/C9H16N2.C8H10O2/c1-11-5-4-7-2-3-8(10)6-9(7)11;1-9-7-5-3-4-6-8(7)10-2/h7,9-10H,2-6H2,1H3;3-6H,1-2H3/t7?,9-;/m0./s1. The molecule has 116 valence electrons. The Balaban J connectivity index is 0.000000155. The minimum absolute atomic E-state index is 0.719. The van der Waals surface area contributed by atoms with Crippen molar-refractivity contribution in [1.29, 1.82) is 5.41 Å². The number of benzene rings is 1. The first-order chi connectivity index (χ1) is 10.2. The summed E-state index contributed by atoms with van der Waals surface area (Å²) in [5.41, 5.74) is 0.972. The lowest BCUT2D eigenvalue weighted by Crippen LogP contribution is -2.34. The number of hydrogen-bond acceptors (Lipinski definition) is 4. The van der Waals surface area contributed by atoms with Gasteiger partial charge in [0.15, 0.2) is 11.5 Å². The zero-order valence-electron chi connectivity index (χ0n) is 13.3. The first-order valence-corrected chi connectivity index (χ1v) is 7.59. The van der Waals surface area contributed by atoms with Crippen molar-refractivity contribution in [2.24, 2.45) is 5.92 Å². The molecule has 1 N–H and O–H groups in total. The SMILES string of the molecule is CN1CCC2CCC(=N)C[C@@H]21.COc1ccccc1OC. The van der Waals surface area contributed by atoms with E-state index in [1.807, 2.05) is 24.3 Å². The second-order valence-electron chi connectivity index (χ2n) is 5.80. The summed E-state index contributed by atoms with van der Waals surface area (Å²) < 4.78 is 10.0. The van der Waals surface area contributed by atoms with Gasteiger partial charge in [-0.25, -0.2) is 0 Å². The van der Waals surface area contributed by atoms with E-state index in [2.05, 4.69) is 11.9 Å². The first-order valence-electron chi connectivity index (χ1n) is 7.59. The minimum Gasteiger partial charge on any atom is -0.493 e. The summed E-state index contributed by atoms with van der Waals surface area (Å²) in [5, 5.41) is 7.60. The summed E-state index contributed by atoms with van der Waals surface area (Å²) in [5.74, 6) is 2.45. The number of nitrogens with one attached hydrogen (secondary N) is 1. The van der Waals surface area contributed by atoms with Crippen molar-refractivity contribution in [2.75, 3.05) is 27.8 Å². The molecule has 2 atom stereocenters. The third-order valence-corrected chi connectivity index (χ3v) is 4.52. The topological polar surface area (TPSA) is 45.6 Å². The van der Waals surface area contributed by atoms with Gasteiger partial charge in [-0.3, -0.25) is 0 Å². The molecule has 1 aliphatic heterocycles. The lowest BCUT2D eigenvalue weighted by Gasteiger charge is -2.29. The largest absolute Gasteiger partial charge is 0.493 e. The highest BCUT2D eigenvalue weighted by molar-refractivity contribution is 5.82. The maximum absolute atomic E-state index is 7.60. The number of hydrogen-bond donors (Lipinski definition) is 1. The molecule has 1 aromatic rings. The van der Waals surface area contributed by atoms with Gasteiger partial charge in [0.25, 0.3) is 0 Å². The molecule has 21 heavy (non-hydrogen) atoms. The molecule has 0 aromatic heterocycles. The highest BCUT2D eigenvalue weighted by Crippen LogP contribution is 2.33. The second-order valence-corrected chi connectivity index (χ2v) is 5.80. The molecule has 3 rings (SSSR count). The van der Waals surface area contributed by atoms with Gasteiger partial charge in [-0.15, -0.1) is 0 Å². The van der Waals surface area contributed by atoms with Crippen molar-refractivity contribution in [3.8, 4) is 11.5 Å². The van der Waals surface area contributed by atoms with Crippen molar-refractivity contribution in [1.82, 2.24) is 4.90 Å². The summed E-state index contributed by atoms with van der Waals surface area (Å²) in [4.78, 5) is 2.43. The van der Waals surface area contributed by atoms with Crippen LogP contribution in [0.4, 0.5) is 0 Å². The van der Waals surface area contributed by atoms with Crippen molar-refractivity contribution < 1.29 is 9.47 Å². The maximum Gasteiger partial charge on any atom is 0.160 e. The third kappa shape index (κ3) is 3.97. The molecule has 0 amide bonds. The van der Waals surface area contributed by atoms with Crippen LogP contribution < -0.4 is 9.47 Å². The number of para-hydroxylation sites is 2. The molecule has 1 aliphatic carbocycles. The number of nitrogens with zero attached hydrogens (tertiary/aromatic N) is 1. The molecule has 2 fully saturated rings. The van der Waals surface area contributed by atoms with E-state index in [4.69, 9.17) is 14.9 Å². The Labute approximate surface area is 127 Å². The van der Waals surface area contributed by atoms with E-state index in [0.29, 0.717) is 0 Å². The summed E-state index contributed by atoms with van der Waals surface area (Å²) in [6, 6.07) is 8.25. The molecule has 0 radical (unpaired) electrons. The van der Waals surface area contributed by atoms with Crippen LogP contribution in [0.3, 0.4) is 0 Å². The van der Waals surface area contributed by atoms with Crippen LogP contribution in [0.5, 0.6) is 11.5 Å². The highest BCUT2D eigenvalue weighted by atomic mass is 16.5. The Morgan fingerprint density at radius 1 is 1.10 bits per heavy atom. The Morgan fingerprint density at radius 2 is 1.71 bits per heavy atom. The van der Waals surface area contributed by atoms with Crippen molar-refractivity contribution in [3.05, 3.63) is 24.3 Å². The number of ether oxygens (including phenoxy) is 2. The summed E-state index contributed by atoms with van der Waals surface area (Å²) in [6.45, 7) is 1.25. The first kappa shape index (κ1) is 15.8. The molecule has 0 bridgehead atoms. The maximum atomic E-state index is 7.60. The molecule has 1 saturated carbocycles. The zero-order valence-corrected chi connectivity index (χ0v) is 13.3. The Kier molecular flexibility index (Phi) is 5.62. The van der Waals surface area contributed by atoms with Gasteiger partial charge in [-0.05, 0) is 50.9 Å². The Hall–Kier alpha value is -1.55. The van der Waals surface area contributed by atoms with Crippen molar-refractivity contribution >= 4 is 5.71 Å². The molecule has 1 saturated heterocycles. The monoisotopic (exact) mass is 290 g/mol. The summed E-state index contributed by atoms with van der Waals surface area (Å²) >= 11 is 0. The second kappa shape index (κ2) is 7.46. The number of fused-ring (bicyclic) bond motifs is 1. The van der Waals surface area contributed by atoms with E-state index >= 15 is 0 Å². The van der Waals surface area contributed by atoms with Gasteiger partial charge in [-0.2, -0.15) is 0 Å². The normalized spacial score (nSPS) is 24.8. The zero-order chi connectivity index (χ0) is 15.2. The van der Waals surface area contributed by atoms with Gasteiger partial charge in [0.05, 0.1) is 14.2 Å². The van der Waals surface area contributed by atoms with Gasteiger partial charge in [0.2, 0.25) is 0 Å². The van der Waals surface area contributed by atoms with Crippen LogP contribution in [0.15, 0.2) is 24.3 Å². The lowest BCUT2D eigenvalue weighted by atomic mass is 9.84. The van der Waals surface area contributed by atoms with Crippen LogP contribution in [-0.4, -0.2) is 44.5 Å². The number of rotatable bonds is 2. The van der Waals surface area contributed by atoms with E-state index in [9.17, 15) is 0 Å². The van der Waals surface area contributed by atoms with Crippen molar-refractivity contribution in [3.63, 3.8) is 0 Å². The lowest BCUT2D eigenvalue weighted by molar-refractivity contribution is 0.260. The smallest absolute Gasteiger partial charge is 0.160 e. The quantitative estimate of drug-likeness (QED) is 0.909. The van der Waals surface area contributed by atoms with Crippen LogP contribution in [-0.2, 0) is 0 Å². The van der Waals surface area contributed by atoms with Crippen LogP contribution in [0.1, 0.15) is 25.7 Å². The fourth-order valence-corrected chi connectivity index (χ4v) is 3.25. The van der Waals surface area contributed by atoms with Crippen LogP contribution in [0, 0.1) is 11.3 Å². The molecule has 4 heteroatoms. The van der Waals surface area contributed by atoms with Gasteiger partial charge < -0.3 is 19.8 Å². The molecule has 4 nitrogen and oxygen atoms in total. The van der Waals surface area contributed by atoms with Crippen LogP contribution >= 0.6 is 0 Å². The van der Waals surface area contributed by atoms with Crippen molar-refractivity contribution in [2.45, 2.75) is 31.7 Å². The molecule has 1 unspecified atom stereocenters. The van der Waals surface area contributed by atoms with E-state index in [0.717, 1.165) is 42.0 Å². The van der Waals surface area contributed by atoms with E-state index in [-0.39, 0.29) is 0 Å². The van der Waals surface area contributed by atoms with Gasteiger partial charge in [0, 0.05) is 18.2 Å². The average Bonchev–Trinajstić information content (AvgIpc) is 2.88. The molecule has 2 aliphatic rings. The molecule has 0 spiro atoms. The van der Waals surface area contributed by atoms with Gasteiger partial charge in [0.1, 0.15) is 0 Å². The minimum atomic E-state index is 0.719. The molecule has 1 heterocycles. The fourth-order valence-electron chi connectivity index (χ4n) is 3.25. The molecule has 1 aromatic carbocycles. The fraction of sp³-hybridized carbons (Fsp3) is 0.588. The Bertz CT molecular complexity index is 453. The third-order valence-electron chi connectivity index (χ3n) is 4.52. The van der Waals surface area contributed by atoms with E-state index in [1.54, 1.807) is 14.2 Å². The summed E-state index contributed by atoms with van der Waals surface area (Å²) in [7, 11) is 5.44. The van der Waals surface area contributed by atoms with Crippen LogP contribution in [0.2, 0.25) is 0 Å².